The highest BCUT2D eigenvalue weighted by molar-refractivity contribution is 5.97. The first kappa shape index (κ1) is 36.9. The third-order valence-corrected chi connectivity index (χ3v) is 7.94. The summed E-state index contributed by atoms with van der Waals surface area (Å²) in [5.74, 6) is -6.73. The maximum absolute atomic E-state index is 13.7. The highest BCUT2D eigenvalue weighted by Gasteiger charge is 2.42. The first-order chi connectivity index (χ1) is 21.0. The van der Waals surface area contributed by atoms with Gasteiger partial charge in [-0.15, -0.1) is 0 Å². The molecule has 0 aromatic carbocycles. The van der Waals surface area contributed by atoms with E-state index in [1.54, 1.807) is 13.8 Å². The molecular formula is C28H45N7O10. The fourth-order valence-corrected chi connectivity index (χ4v) is 5.36. The third kappa shape index (κ3) is 10.4. The number of aliphatic carboxylic acids is 2. The quantitative estimate of drug-likeness (QED) is 0.0938. The summed E-state index contributed by atoms with van der Waals surface area (Å²) >= 11 is 0. The molecule has 2 rings (SSSR count). The summed E-state index contributed by atoms with van der Waals surface area (Å²) in [5.41, 5.74) is 11.1. The summed E-state index contributed by atoms with van der Waals surface area (Å²) in [6.45, 7) is 5.10. The summed E-state index contributed by atoms with van der Waals surface area (Å²) in [6, 6.07) is -6.63. The monoisotopic (exact) mass is 639 g/mol. The van der Waals surface area contributed by atoms with Gasteiger partial charge in [0.05, 0.1) is 6.04 Å². The number of hydrogen-bond acceptors (Lipinski definition) is 9. The number of nitrogens with two attached hydrogens (primary N) is 2. The fourth-order valence-electron chi connectivity index (χ4n) is 5.36. The SMILES string of the molecule is CC(C)[C@H](NC(=O)[C@@H]1CCCN1C(=O)[C@@H](N)CCC(=O)O)C(=O)N1CCC[C@H]1C(=O)N[C@@H](CCC(N)=O)C(=O)N[C@@H](C)C(=O)O. The molecule has 0 saturated carbocycles. The Bertz CT molecular complexity index is 1160. The lowest BCUT2D eigenvalue weighted by atomic mass is 10.0. The summed E-state index contributed by atoms with van der Waals surface area (Å²) in [7, 11) is 0. The van der Waals surface area contributed by atoms with Crippen LogP contribution in [0, 0.1) is 5.92 Å². The van der Waals surface area contributed by atoms with E-state index in [9.17, 15) is 38.4 Å². The predicted molar refractivity (Wildman–Crippen MR) is 157 cm³/mol. The van der Waals surface area contributed by atoms with E-state index in [0.29, 0.717) is 19.3 Å². The topological polar surface area (TPSA) is 272 Å². The molecular weight excluding hydrogens is 594 g/mol. The van der Waals surface area contributed by atoms with Crippen molar-refractivity contribution in [2.24, 2.45) is 17.4 Å². The molecule has 0 aromatic heterocycles. The van der Waals surface area contributed by atoms with Gasteiger partial charge in [0, 0.05) is 25.9 Å². The Hall–Kier alpha value is -4.28. The molecule has 2 saturated heterocycles. The molecule has 6 atom stereocenters. The van der Waals surface area contributed by atoms with E-state index in [0.717, 1.165) is 0 Å². The normalized spacial score (nSPS) is 20.6. The average Bonchev–Trinajstić information content (AvgIpc) is 3.66. The molecule has 252 valence electrons. The van der Waals surface area contributed by atoms with Crippen LogP contribution in [0.4, 0.5) is 0 Å². The number of rotatable bonds is 16. The molecule has 2 heterocycles. The molecule has 0 bridgehead atoms. The largest absolute Gasteiger partial charge is 0.481 e. The Morgan fingerprint density at radius 2 is 1.31 bits per heavy atom. The second-order valence-electron chi connectivity index (χ2n) is 11.8. The number of carbonyl (C=O) groups is 8. The lowest BCUT2D eigenvalue weighted by Gasteiger charge is -2.33. The molecule has 17 nitrogen and oxygen atoms in total. The van der Waals surface area contributed by atoms with Gasteiger partial charge in [-0.2, -0.15) is 0 Å². The Balaban J connectivity index is 2.15. The summed E-state index contributed by atoms with van der Waals surface area (Å²) < 4.78 is 0. The van der Waals surface area contributed by atoms with Crippen molar-refractivity contribution in [1.82, 2.24) is 25.8 Å². The smallest absolute Gasteiger partial charge is 0.325 e. The van der Waals surface area contributed by atoms with Crippen molar-refractivity contribution in [1.29, 1.82) is 0 Å². The molecule has 0 aromatic rings. The van der Waals surface area contributed by atoms with Crippen LogP contribution in [0.2, 0.25) is 0 Å². The van der Waals surface area contributed by atoms with Crippen LogP contribution in [0.15, 0.2) is 0 Å². The highest BCUT2D eigenvalue weighted by atomic mass is 16.4. The lowest BCUT2D eigenvalue weighted by Crippen LogP contribution is -2.59. The van der Waals surface area contributed by atoms with Gasteiger partial charge < -0.3 is 47.4 Å². The number of hydrogen-bond donors (Lipinski definition) is 7. The van der Waals surface area contributed by atoms with Crippen LogP contribution >= 0.6 is 0 Å². The van der Waals surface area contributed by atoms with Gasteiger partial charge >= 0.3 is 11.9 Å². The second-order valence-corrected chi connectivity index (χ2v) is 11.8. The maximum atomic E-state index is 13.7. The van der Waals surface area contributed by atoms with Crippen LogP contribution in [-0.2, 0) is 38.4 Å². The predicted octanol–water partition coefficient (Wildman–Crippen LogP) is -2.36. The number of nitrogens with zero attached hydrogens (tertiary/aromatic N) is 2. The van der Waals surface area contributed by atoms with Crippen LogP contribution in [0.1, 0.15) is 72.1 Å². The van der Waals surface area contributed by atoms with Gasteiger partial charge in [0.15, 0.2) is 0 Å². The number of amides is 6. The molecule has 2 aliphatic heterocycles. The van der Waals surface area contributed by atoms with Crippen molar-refractivity contribution < 1.29 is 48.6 Å². The van der Waals surface area contributed by atoms with E-state index in [-0.39, 0.29) is 45.2 Å². The van der Waals surface area contributed by atoms with Crippen molar-refractivity contribution in [3.8, 4) is 0 Å². The zero-order chi connectivity index (χ0) is 34.0. The van der Waals surface area contributed by atoms with Crippen molar-refractivity contribution >= 4 is 47.4 Å². The first-order valence-corrected chi connectivity index (χ1v) is 15.1. The number of carboxylic acid groups (broad SMARTS) is 2. The van der Waals surface area contributed by atoms with Crippen molar-refractivity contribution in [2.45, 2.75) is 108 Å². The van der Waals surface area contributed by atoms with Crippen LogP contribution in [0.25, 0.3) is 0 Å². The zero-order valence-corrected chi connectivity index (χ0v) is 25.8. The second kappa shape index (κ2) is 16.7. The number of likely N-dealkylation sites (tertiary alicyclic amines) is 2. The van der Waals surface area contributed by atoms with Crippen LogP contribution < -0.4 is 27.4 Å². The van der Waals surface area contributed by atoms with E-state index in [2.05, 4.69) is 16.0 Å². The van der Waals surface area contributed by atoms with Crippen LogP contribution in [0.5, 0.6) is 0 Å². The minimum Gasteiger partial charge on any atom is -0.481 e. The number of nitrogens with one attached hydrogen (secondary N) is 3. The molecule has 2 aliphatic rings. The van der Waals surface area contributed by atoms with Gasteiger partial charge in [0.25, 0.3) is 0 Å². The first-order valence-electron chi connectivity index (χ1n) is 15.1. The molecule has 2 fully saturated rings. The summed E-state index contributed by atoms with van der Waals surface area (Å²) in [4.78, 5) is 102. The number of primary amides is 1. The third-order valence-electron chi connectivity index (χ3n) is 7.94. The van der Waals surface area contributed by atoms with E-state index >= 15 is 0 Å². The molecule has 17 heteroatoms. The number of carbonyl (C=O) groups excluding carboxylic acids is 6. The standard InChI is InChI=1S/C28H45N7O10/c1-14(2)22(33-25(41)19-7-4-12-34(19)26(42)16(29)8-11-21(37)38)27(43)35-13-5-6-18(35)24(40)32-17(9-10-20(30)36)23(39)31-15(3)28(44)45/h14-19,22H,4-13,29H2,1-3H3,(H2,30,36)(H,31,39)(H,32,40)(H,33,41)(H,37,38)(H,44,45)/t15-,16-,17-,18-,19-,22-/m0/s1. The van der Waals surface area contributed by atoms with Gasteiger partial charge in [-0.1, -0.05) is 13.8 Å². The zero-order valence-electron chi connectivity index (χ0n) is 25.8. The van der Waals surface area contributed by atoms with Crippen molar-refractivity contribution in [3.63, 3.8) is 0 Å². The van der Waals surface area contributed by atoms with Gasteiger partial charge in [-0.25, -0.2) is 0 Å². The maximum Gasteiger partial charge on any atom is 0.325 e. The van der Waals surface area contributed by atoms with E-state index in [1.807, 2.05) is 0 Å². The minimum atomic E-state index is -1.30. The Morgan fingerprint density at radius 3 is 1.80 bits per heavy atom. The number of carboxylic acids is 2. The van der Waals surface area contributed by atoms with E-state index < -0.39 is 89.6 Å². The molecule has 0 spiro atoms. The Labute approximate surface area is 260 Å². The summed E-state index contributed by atoms with van der Waals surface area (Å²) in [6.07, 6.45) is 0.701. The summed E-state index contributed by atoms with van der Waals surface area (Å²) in [5, 5.41) is 25.5. The van der Waals surface area contributed by atoms with E-state index in [1.165, 1.54) is 16.7 Å². The lowest BCUT2D eigenvalue weighted by molar-refractivity contribution is -0.145. The molecule has 9 N–H and O–H groups in total. The molecule has 0 radical (unpaired) electrons. The van der Waals surface area contributed by atoms with Gasteiger partial charge in [0.1, 0.15) is 30.2 Å². The average molecular weight is 640 g/mol. The minimum absolute atomic E-state index is 0.0891. The Kier molecular flexibility index (Phi) is 13.7. The van der Waals surface area contributed by atoms with Crippen LogP contribution in [-0.4, -0.2) is 117 Å². The molecule has 6 amide bonds. The Morgan fingerprint density at radius 1 is 0.778 bits per heavy atom. The fraction of sp³-hybridized carbons (Fsp3) is 0.714. The van der Waals surface area contributed by atoms with Gasteiger partial charge in [-0.3, -0.25) is 38.4 Å². The van der Waals surface area contributed by atoms with Gasteiger partial charge in [-0.05, 0) is 51.4 Å². The van der Waals surface area contributed by atoms with Crippen molar-refractivity contribution in [3.05, 3.63) is 0 Å². The highest BCUT2D eigenvalue weighted by Crippen LogP contribution is 2.23. The molecule has 0 unspecified atom stereocenters. The van der Waals surface area contributed by atoms with Gasteiger partial charge in [0.2, 0.25) is 35.4 Å². The molecule has 45 heavy (non-hydrogen) atoms. The molecule has 0 aliphatic carbocycles. The van der Waals surface area contributed by atoms with Crippen molar-refractivity contribution in [2.75, 3.05) is 13.1 Å². The van der Waals surface area contributed by atoms with E-state index in [4.69, 9.17) is 21.7 Å². The van der Waals surface area contributed by atoms with Crippen LogP contribution in [0.3, 0.4) is 0 Å².